The number of nitrogens with zero attached hydrogens (tertiary/aromatic N) is 2. The second kappa shape index (κ2) is 8.72. The van der Waals surface area contributed by atoms with Crippen molar-refractivity contribution in [2.75, 3.05) is 19.8 Å². The lowest BCUT2D eigenvalue weighted by molar-refractivity contribution is 0.123. The number of hydrogen-bond donors (Lipinski definition) is 1. The Morgan fingerprint density at radius 1 is 1.37 bits per heavy atom. The number of hydrogen-bond acceptors (Lipinski definition) is 3. The lowest BCUT2D eigenvalue weighted by atomic mass is 10.1. The maximum atomic E-state index is 5.61. The summed E-state index contributed by atoms with van der Waals surface area (Å²) in [7, 11) is 0. The summed E-state index contributed by atoms with van der Waals surface area (Å²) in [4.78, 5) is 0. The standard InChI is InChI=1S/C14H26BrN3O/c1-5-8-19-9-7-13(16-6-2)14-12(15)10-17-18(14)11(3)4/h10-11,13,16H,5-9H2,1-4H3. The summed E-state index contributed by atoms with van der Waals surface area (Å²) < 4.78 is 8.77. The molecule has 5 heteroatoms. The zero-order chi connectivity index (χ0) is 14.3. The number of nitrogens with one attached hydrogen (secondary N) is 1. The van der Waals surface area contributed by atoms with Gasteiger partial charge in [-0.15, -0.1) is 0 Å². The quantitative estimate of drug-likeness (QED) is 0.701. The molecule has 0 radical (unpaired) electrons. The average molecular weight is 332 g/mol. The second-order valence-electron chi connectivity index (χ2n) is 4.93. The highest BCUT2D eigenvalue weighted by Crippen LogP contribution is 2.27. The van der Waals surface area contributed by atoms with E-state index in [1.807, 2.05) is 6.20 Å². The molecule has 110 valence electrons. The maximum Gasteiger partial charge on any atom is 0.0699 e. The molecule has 1 aromatic heterocycles. The van der Waals surface area contributed by atoms with E-state index < -0.39 is 0 Å². The van der Waals surface area contributed by atoms with Gasteiger partial charge in [0.15, 0.2) is 0 Å². The summed E-state index contributed by atoms with van der Waals surface area (Å²) in [6, 6.07) is 0.639. The number of ether oxygens (including phenoxy) is 1. The van der Waals surface area contributed by atoms with Crippen molar-refractivity contribution in [3.05, 3.63) is 16.4 Å². The van der Waals surface area contributed by atoms with Gasteiger partial charge in [-0.2, -0.15) is 5.10 Å². The maximum absolute atomic E-state index is 5.61. The van der Waals surface area contributed by atoms with E-state index in [1.165, 1.54) is 5.69 Å². The fraction of sp³-hybridized carbons (Fsp3) is 0.786. The van der Waals surface area contributed by atoms with Crippen LogP contribution in [0.25, 0.3) is 0 Å². The molecule has 0 bridgehead atoms. The Kier molecular flexibility index (Phi) is 7.64. The van der Waals surface area contributed by atoms with Gasteiger partial charge in [0, 0.05) is 19.3 Å². The van der Waals surface area contributed by atoms with Crippen molar-refractivity contribution < 1.29 is 4.74 Å². The first-order chi connectivity index (χ1) is 9.11. The molecule has 1 heterocycles. The predicted molar refractivity (Wildman–Crippen MR) is 82.5 cm³/mol. The first-order valence-corrected chi connectivity index (χ1v) is 7.95. The highest BCUT2D eigenvalue weighted by atomic mass is 79.9. The summed E-state index contributed by atoms with van der Waals surface area (Å²) in [6.07, 6.45) is 3.91. The van der Waals surface area contributed by atoms with E-state index in [0.717, 1.165) is 37.1 Å². The fourth-order valence-corrected chi connectivity index (χ4v) is 2.67. The monoisotopic (exact) mass is 331 g/mol. The van der Waals surface area contributed by atoms with Gasteiger partial charge in [-0.05, 0) is 49.2 Å². The van der Waals surface area contributed by atoms with Gasteiger partial charge in [0.25, 0.3) is 0 Å². The third-order valence-corrected chi connectivity index (χ3v) is 3.57. The van der Waals surface area contributed by atoms with Crippen LogP contribution in [0.1, 0.15) is 58.3 Å². The van der Waals surface area contributed by atoms with Crippen molar-refractivity contribution in [1.29, 1.82) is 0 Å². The zero-order valence-electron chi connectivity index (χ0n) is 12.4. The Morgan fingerprint density at radius 3 is 2.68 bits per heavy atom. The van der Waals surface area contributed by atoms with E-state index in [1.54, 1.807) is 0 Å². The normalized spacial score (nSPS) is 13.2. The van der Waals surface area contributed by atoms with Crippen LogP contribution in [0.4, 0.5) is 0 Å². The van der Waals surface area contributed by atoms with Crippen LogP contribution in [0.5, 0.6) is 0 Å². The highest BCUT2D eigenvalue weighted by Gasteiger charge is 2.20. The van der Waals surface area contributed by atoms with Crippen molar-refractivity contribution in [2.24, 2.45) is 0 Å². The van der Waals surface area contributed by atoms with Crippen molar-refractivity contribution >= 4 is 15.9 Å². The molecule has 0 saturated heterocycles. The van der Waals surface area contributed by atoms with E-state index >= 15 is 0 Å². The average Bonchev–Trinajstić information content (AvgIpc) is 2.75. The van der Waals surface area contributed by atoms with Gasteiger partial charge in [-0.1, -0.05) is 13.8 Å². The Labute approximate surface area is 125 Å². The van der Waals surface area contributed by atoms with Crippen molar-refractivity contribution in [2.45, 2.75) is 52.6 Å². The molecule has 0 aliphatic rings. The Bertz CT molecular complexity index is 366. The van der Waals surface area contributed by atoms with Crippen LogP contribution in [-0.4, -0.2) is 29.5 Å². The molecule has 1 aromatic rings. The van der Waals surface area contributed by atoms with Gasteiger partial charge < -0.3 is 10.1 Å². The van der Waals surface area contributed by atoms with E-state index in [0.29, 0.717) is 6.04 Å². The third-order valence-electron chi connectivity index (χ3n) is 2.96. The summed E-state index contributed by atoms with van der Waals surface area (Å²) in [5.74, 6) is 0. The van der Waals surface area contributed by atoms with Crippen molar-refractivity contribution in [3.8, 4) is 0 Å². The molecular formula is C14H26BrN3O. The van der Waals surface area contributed by atoms with Crippen molar-refractivity contribution in [3.63, 3.8) is 0 Å². The fourth-order valence-electron chi connectivity index (χ4n) is 2.12. The summed E-state index contributed by atoms with van der Waals surface area (Å²) in [5, 5.41) is 7.98. The minimum absolute atomic E-state index is 0.279. The van der Waals surface area contributed by atoms with Gasteiger partial charge >= 0.3 is 0 Å². The topological polar surface area (TPSA) is 39.1 Å². The zero-order valence-corrected chi connectivity index (χ0v) is 14.0. The first-order valence-electron chi connectivity index (χ1n) is 7.15. The van der Waals surface area contributed by atoms with Gasteiger partial charge in [-0.25, -0.2) is 0 Å². The van der Waals surface area contributed by atoms with E-state index in [9.17, 15) is 0 Å². The molecule has 0 fully saturated rings. The molecule has 19 heavy (non-hydrogen) atoms. The largest absolute Gasteiger partial charge is 0.381 e. The molecule has 0 aromatic carbocycles. The number of aromatic nitrogens is 2. The van der Waals surface area contributed by atoms with Gasteiger partial charge in [0.05, 0.1) is 22.4 Å². The van der Waals surface area contributed by atoms with Crippen LogP contribution < -0.4 is 5.32 Å². The molecule has 1 atom stereocenters. The van der Waals surface area contributed by atoms with Crippen LogP contribution in [-0.2, 0) is 4.74 Å². The lowest BCUT2D eigenvalue weighted by Gasteiger charge is -2.22. The van der Waals surface area contributed by atoms with Crippen LogP contribution in [0, 0.1) is 0 Å². The molecular weight excluding hydrogens is 306 g/mol. The molecule has 1 N–H and O–H groups in total. The summed E-state index contributed by atoms with van der Waals surface area (Å²) in [5.41, 5.74) is 1.22. The Morgan fingerprint density at radius 2 is 2.11 bits per heavy atom. The van der Waals surface area contributed by atoms with Crippen LogP contribution in [0.3, 0.4) is 0 Å². The van der Waals surface area contributed by atoms with Gasteiger partial charge in [-0.3, -0.25) is 4.68 Å². The van der Waals surface area contributed by atoms with Crippen molar-refractivity contribution in [1.82, 2.24) is 15.1 Å². The minimum Gasteiger partial charge on any atom is -0.381 e. The van der Waals surface area contributed by atoms with Gasteiger partial charge in [0.1, 0.15) is 0 Å². The first kappa shape index (κ1) is 16.7. The van der Waals surface area contributed by atoms with E-state index in [4.69, 9.17) is 4.74 Å². The highest BCUT2D eigenvalue weighted by molar-refractivity contribution is 9.10. The molecule has 0 aliphatic carbocycles. The molecule has 1 rings (SSSR count). The molecule has 4 nitrogen and oxygen atoms in total. The SMILES string of the molecule is CCCOCCC(NCC)c1c(Br)cnn1C(C)C. The molecule has 0 saturated carbocycles. The Balaban J connectivity index is 2.77. The Hall–Kier alpha value is -0.390. The second-order valence-corrected chi connectivity index (χ2v) is 5.78. The molecule has 0 spiro atoms. The van der Waals surface area contributed by atoms with Gasteiger partial charge in [0.2, 0.25) is 0 Å². The molecule has 1 unspecified atom stereocenters. The summed E-state index contributed by atoms with van der Waals surface area (Å²) in [6.45, 7) is 11.1. The molecule has 0 amide bonds. The minimum atomic E-state index is 0.279. The molecule has 0 aliphatic heterocycles. The number of halogens is 1. The smallest absolute Gasteiger partial charge is 0.0699 e. The number of rotatable bonds is 9. The van der Waals surface area contributed by atoms with Crippen LogP contribution in [0.2, 0.25) is 0 Å². The van der Waals surface area contributed by atoms with Crippen LogP contribution >= 0.6 is 15.9 Å². The third kappa shape index (κ3) is 4.89. The van der Waals surface area contributed by atoms with E-state index in [2.05, 4.69) is 58.7 Å². The van der Waals surface area contributed by atoms with E-state index in [-0.39, 0.29) is 6.04 Å². The predicted octanol–water partition coefficient (Wildman–Crippen LogP) is 3.69. The summed E-state index contributed by atoms with van der Waals surface area (Å²) >= 11 is 3.61. The van der Waals surface area contributed by atoms with Crippen LogP contribution in [0.15, 0.2) is 10.7 Å². The lowest BCUT2D eigenvalue weighted by Crippen LogP contribution is -2.26.